The van der Waals surface area contributed by atoms with Crippen LogP contribution in [0.3, 0.4) is 0 Å². The Morgan fingerprint density at radius 1 is 1.06 bits per heavy atom. The Morgan fingerprint density at radius 3 is 2.56 bits per heavy atom. The van der Waals surface area contributed by atoms with E-state index in [2.05, 4.69) is 19.1 Å². The van der Waals surface area contributed by atoms with Gasteiger partial charge in [0, 0.05) is 13.2 Å². The quantitative estimate of drug-likeness (QED) is 0.410. The molecule has 0 aliphatic carbocycles. The molecule has 0 saturated carbocycles. The van der Waals surface area contributed by atoms with E-state index in [-0.39, 0.29) is 6.29 Å². The Hall–Kier alpha value is -0.340. The van der Waals surface area contributed by atoms with Gasteiger partial charge in [0.15, 0.2) is 6.29 Å². The molecule has 0 aromatic heterocycles. The van der Waals surface area contributed by atoms with Crippen LogP contribution in [0.25, 0.3) is 0 Å². The van der Waals surface area contributed by atoms with Gasteiger partial charge < -0.3 is 9.47 Å². The summed E-state index contributed by atoms with van der Waals surface area (Å²) in [6, 6.07) is 0. The molecule has 1 rings (SSSR count). The lowest BCUT2D eigenvalue weighted by molar-refractivity contribution is -0.162. The highest BCUT2D eigenvalue weighted by molar-refractivity contribution is 4.76. The van der Waals surface area contributed by atoms with Crippen LogP contribution in [-0.4, -0.2) is 19.5 Å². The Kier molecular flexibility index (Phi) is 10.2. The summed E-state index contributed by atoms with van der Waals surface area (Å²) in [5.41, 5.74) is 0. The largest absolute Gasteiger partial charge is 0.353 e. The van der Waals surface area contributed by atoms with Crippen LogP contribution in [0.15, 0.2) is 12.2 Å². The first kappa shape index (κ1) is 15.7. The lowest BCUT2D eigenvalue weighted by atomic mass is 10.1. The summed E-state index contributed by atoms with van der Waals surface area (Å²) in [6.07, 6.45) is 17.2. The maximum atomic E-state index is 5.71. The van der Waals surface area contributed by atoms with Gasteiger partial charge in [-0.3, -0.25) is 0 Å². The second-order valence-electron chi connectivity index (χ2n) is 5.15. The SMILES string of the molecule is C/C=C/CCCCCCCCOC1CCCCO1. The Morgan fingerprint density at radius 2 is 1.83 bits per heavy atom. The molecule has 18 heavy (non-hydrogen) atoms. The molecule has 2 heteroatoms. The standard InChI is InChI=1S/C16H30O2/c1-2-3-4-5-6-7-8-9-11-14-17-16-13-10-12-15-18-16/h2-3,16H,4-15H2,1H3/b3-2+. The zero-order chi connectivity index (χ0) is 12.9. The van der Waals surface area contributed by atoms with Crippen LogP contribution in [0.5, 0.6) is 0 Å². The van der Waals surface area contributed by atoms with Gasteiger partial charge in [0.1, 0.15) is 0 Å². The van der Waals surface area contributed by atoms with Crippen LogP contribution < -0.4 is 0 Å². The molecule has 106 valence electrons. The molecule has 1 heterocycles. The van der Waals surface area contributed by atoms with Crippen LogP contribution in [0.1, 0.15) is 71.1 Å². The van der Waals surface area contributed by atoms with Crippen molar-refractivity contribution >= 4 is 0 Å². The third-order valence-electron chi connectivity index (χ3n) is 3.44. The van der Waals surface area contributed by atoms with Crippen LogP contribution in [0.2, 0.25) is 0 Å². The van der Waals surface area contributed by atoms with E-state index in [4.69, 9.17) is 9.47 Å². The van der Waals surface area contributed by atoms with Crippen LogP contribution in [0.4, 0.5) is 0 Å². The molecule has 1 aliphatic rings. The van der Waals surface area contributed by atoms with Gasteiger partial charge in [0.25, 0.3) is 0 Å². The third-order valence-corrected chi connectivity index (χ3v) is 3.44. The zero-order valence-corrected chi connectivity index (χ0v) is 12.0. The molecule has 1 atom stereocenters. The number of rotatable bonds is 10. The van der Waals surface area contributed by atoms with Crippen molar-refractivity contribution in [3.05, 3.63) is 12.2 Å². The molecule has 0 amide bonds. The van der Waals surface area contributed by atoms with Crippen molar-refractivity contribution in [1.82, 2.24) is 0 Å². The van der Waals surface area contributed by atoms with Crippen LogP contribution in [0, 0.1) is 0 Å². The van der Waals surface area contributed by atoms with Crippen molar-refractivity contribution in [2.75, 3.05) is 13.2 Å². The number of unbranched alkanes of at least 4 members (excludes halogenated alkanes) is 6. The van der Waals surface area contributed by atoms with E-state index in [0.717, 1.165) is 19.6 Å². The molecule has 0 aromatic rings. The average Bonchev–Trinajstić information content (AvgIpc) is 2.42. The van der Waals surface area contributed by atoms with E-state index in [0.29, 0.717) is 0 Å². The van der Waals surface area contributed by atoms with Crippen molar-refractivity contribution < 1.29 is 9.47 Å². The predicted octanol–water partition coefficient (Wildman–Crippen LogP) is 4.84. The maximum Gasteiger partial charge on any atom is 0.157 e. The summed E-state index contributed by atoms with van der Waals surface area (Å²) in [6.45, 7) is 3.86. The fourth-order valence-corrected chi connectivity index (χ4v) is 2.30. The first-order valence-electron chi connectivity index (χ1n) is 7.78. The van der Waals surface area contributed by atoms with Gasteiger partial charge in [-0.2, -0.15) is 0 Å². The highest BCUT2D eigenvalue weighted by Crippen LogP contribution is 2.14. The van der Waals surface area contributed by atoms with Gasteiger partial charge in [0.05, 0.1) is 0 Å². The van der Waals surface area contributed by atoms with E-state index >= 15 is 0 Å². The zero-order valence-electron chi connectivity index (χ0n) is 12.0. The molecular weight excluding hydrogens is 224 g/mol. The van der Waals surface area contributed by atoms with Crippen LogP contribution in [-0.2, 0) is 9.47 Å². The number of hydrogen-bond donors (Lipinski definition) is 0. The van der Waals surface area contributed by atoms with Crippen molar-refractivity contribution in [3.8, 4) is 0 Å². The van der Waals surface area contributed by atoms with Crippen molar-refractivity contribution in [2.45, 2.75) is 77.4 Å². The predicted molar refractivity (Wildman–Crippen MR) is 76.7 cm³/mol. The van der Waals surface area contributed by atoms with E-state index in [1.807, 2.05) is 0 Å². The van der Waals surface area contributed by atoms with E-state index < -0.39 is 0 Å². The molecule has 1 fully saturated rings. The second kappa shape index (κ2) is 11.7. The molecule has 1 unspecified atom stereocenters. The fraction of sp³-hybridized carbons (Fsp3) is 0.875. The van der Waals surface area contributed by atoms with Gasteiger partial charge in [-0.05, 0) is 45.4 Å². The van der Waals surface area contributed by atoms with Gasteiger partial charge in [0.2, 0.25) is 0 Å². The van der Waals surface area contributed by atoms with E-state index in [1.165, 1.54) is 57.8 Å². The fourth-order valence-electron chi connectivity index (χ4n) is 2.30. The number of ether oxygens (including phenoxy) is 2. The minimum atomic E-state index is 0.0968. The summed E-state index contributed by atoms with van der Waals surface area (Å²) in [5, 5.41) is 0. The molecule has 1 saturated heterocycles. The van der Waals surface area contributed by atoms with Gasteiger partial charge in [-0.1, -0.05) is 37.8 Å². The maximum absolute atomic E-state index is 5.71. The van der Waals surface area contributed by atoms with Crippen molar-refractivity contribution in [1.29, 1.82) is 0 Å². The first-order valence-corrected chi connectivity index (χ1v) is 7.78. The minimum absolute atomic E-state index is 0.0968. The number of allylic oxidation sites excluding steroid dienone is 2. The Balaban J connectivity index is 1.75. The monoisotopic (exact) mass is 254 g/mol. The minimum Gasteiger partial charge on any atom is -0.353 e. The van der Waals surface area contributed by atoms with Crippen molar-refractivity contribution in [3.63, 3.8) is 0 Å². The van der Waals surface area contributed by atoms with Crippen molar-refractivity contribution in [2.24, 2.45) is 0 Å². The summed E-state index contributed by atoms with van der Waals surface area (Å²) in [7, 11) is 0. The van der Waals surface area contributed by atoms with Gasteiger partial charge in [-0.15, -0.1) is 0 Å². The Bertz CT molecular complexity index is 195. The molecule has 0 radical (unpaired) electrons. The average molecular weight is 254 g/mol. The van der Waals surface area contributed by atoms with Crippen LogP contribution >= 0.6 is 0 Å². The van der Waals surface area contributed by atoms with E-state index in [1.54, 1.807) is 0 Å². The third kappa shape index (κ3) is 8.71. The Labute approximate surface area is 113 Å². The molecule has 0 aromatic carbocycles. The summed E-state index contributed by atoms with van der Waals surface area (Å²) in [5.74, 6) is 0. The molecule has 0 spiro atoms. The molecule has 2 nitrogen and oxygen atoms in total. The molecule has 0 N–H and O–H groups in total. The molecule has 0 bridgehead atoms. The second-order valence-corrected chi connectivity index (χ2v) is 5.15. The summed E-state index contributed by atoms with van der Waals surface area (Å²) in [4.78, 5) is 0. The van der Waals surface area contributed by atoms with Gasteiger partial charge >= 0.3 is 0 Å². The van der Waals surface area contributed by atoms with Gasteiger partial charge in [-0.25, -0.2) is 0 Å². The lowest BCUT2D eigenvalue weighted by Gasteiger charge is -2.22. The first-order chi connectivity index (χ1) is 8.93. The summed E-state index contributed by atoms with van der Waals surface area (Å²) < 4.78 is 11.2. The summed E-state index contributed by atoms with van der Waals surface area (Å²) >= 11 is 0. The highest BCUT2D eigenvalue weighted by Gasteiger charge is 2.13. The smallest absolute Gasteiger partial charge is 0.157 e. The normalized spacial score (nSPS) is 20.6. The molecular formula is C16H30O2. The highest BCUT2D eigenvalue weighted by atomic mass is 16.7. The topological polar surface area (TPSA) is 18.5 Å². The van der Waals surface area contributed by atoms with E-state index in [9.17, 15) is 0 Å². The lowest BCUT2D eigenvalue weighted by Crippen LogP contribution is -2.22. The molecule has 1 aliphatic heterocycles. The number of hydrogen-bond acceptors (Lipinski definition) is 2.